The smallest absolute Gasteiger partial charge is 0.410 e. The van der Waals surface area contributed by atoms with Gasteiger partial charge in [-0.3, -0.25) is 0 Å². The van der Waals surface area contributed by atoms with Crippen LogP contribution in [-0.4, -0.2) is 37.2 Å². The summed E-state index contributed by atoms with van der Waals surface area (Å²) in [4.78, 5) is 13.9. The first-order valence-corrected chi connectivity index (χ1v) is 7.49. The highest BCUT2D eigenvalue weighted by Gasteiger charge is 2.31. The van der Waals surface area contributed by atoms with E-state index >= 15 is 0 Å². The molecule has 4 heteroatoms. The summed E-state index contributed by atoms with van der Waals surface area (Å²) in [6, 6.07) is 9.83. The van der Waals surface area contributed by atoms with Crippen LogP contribution in [0.1, 0.15) is 18.4 Å². The number of carbonyl (C=O) groups is 1. The molecule has 2 saturated heterocycles. The molecule has 2 heterocycles. The van der Waals surface area contributed by atoms with Gasteiger partial charge in [0.25, 0.3) is 0 Å². The molecule has 2 aliphatic heterocycles. The topological polar surface area (TPSA) is 41.6 Å². The molecule has 0 spiro atoms. The average molecular weight is 274 g/mol. The fraction of sp³-hybridized carbons (Fsp3) is 0.562. The summed E-state index contributed by atoms with van der Waals surface area (Å²) in [5.74, 6) is 1.62. The third-order valence-electron chi connectivity index (χ3n) is 4.48. The van der Waals surface area contributed by atoms with Gasteiger partial charge >= 0.3 is 6.09 Å². The number of hydrogen-bond acceptors (Lipinski definition) is 3. The van der Waals surface area contributed by atoms with E-state index in [0.29, 0.717) is 6.61 Å². The summed E-state index contributed by atoms with van der Waals surface area (Å²) in [6.45, 7) is 4.36. The maximum Gasteiger partial charge on any atom is 0.410 e. The average Bonchev–Trinajstić information content (AvgIpc) is 2.45. The Morgan fingerprint density at radius 3 is 2.45 bits per heavy atom. The number of nitrogens with one attached hydrogen (secondary N) is 1. The van der Waals surface area contributed by atoms with Crippen molar-refractivity contribution in [3.05, 3.63) is 35.9 Å². The van der Waals surface area contributed by atoms with E-state index in [4.69, 9.17) is 4.74 Å². The van der Waals surface area contributed by atoms with Crippen LogP contribution in [0.15, 0.2) is 30.3 Å². The number of piperidine rings is 1. The van der Waals surface area contributed by atoms with Gasteiger partial charge in [-0.1, -0.05) is 30.3 Å². The van der Waals surface area contributed by atoms with Crippen LogP contribution in [0.2, 0.25) is 0 Å². The molecule has 0 unspecified atom stereocenters. The zero-order valence-corrected chi connectivity index (χ0v) is 11.8. The number of ether oxygens (including phenoxy) is 1. The number of nitrogens with zero attached hydrogens (tertiary/aromatic N) is 1. The molecule has 108 valence electrons. The minimum absolute atomic E-state index is 0.168. The van der Waals surface area contributed by atoms with E-state index < -0.39 is 0 Å². The van der Waals surface area contributed by atoms with Crippen LogP contribution in [0, 0.1) is 11.8 Å². The second kappa shape index (κ2) is 6.27. The third-order valence-corrected chi connectivity index (χ3v) is 4.48. The van der Waals surface area contributed by atoms with Gasteiger partial charge in [-0.2, -0.15) is 0 Å². The Labute approximate surface area is 120 Å². The molecule has 1 N–H and O–H groups in total. The van der Waals surface area contributed by atoms with Crippen LogP contribution >= 0.6 is 0 Å². The van der Waals surface area contributed by atoms with E-state index in [-0.39, 0.29) is 6.09 Å². The lowest BCUT2D eigenvalue weighted by Crippen LogP contribution is -2.50. The fourth-order valence-electron chi connectivity index (χ4n) is 3.01. The molecule has 0 aromatic heterocycles. The molecule has 2 fully saturated rings. The number of carbonyl (C=O) groups excluding carboxylic acids is 1. The molecular formula is C16H22N2O2. The Balaban J connectivity index is 1.42. The maximum absolute atomic E-state index is 12.0. The number of amides is 1. The molecule has 20 heavy (non-hydrogen) atoms. The van der Waals surface area contributed by atoms with Crippen LogP contribution in [0.3, 0.4) is 0 Å². The molecule has 1 aromatic rings. The SMILES string of the molecule is O=C(OCc1ccccc1)N1CCC(C2CNC2)CC1. The molecule has 0 aliphatic carbocycles. The summed E-state index contributed by atoms with van der Waals surface area (Å²) in [6.07, 6.45) is 2.07. The maximum atomic E-state index is 12.0. The van der Waals surface area contributed by atoms with Gasteiger partial charge in [0.05, 0.1) is 0 Å². The Morgan fingerprint density at radius 1 is 1.15 bits per heavy atom. The molecule has 0 radical (unpaired) electrons. The van der Waals surface area contributed by atoms with Crippen molar-refractivity contribution >= 4 is 6.09 Å². The van der Waals surface area contributed by atoms with Crippen LogP contribution in [0.25, 0.3) is 0 Å². The zero-order chi connectivity index (χ0) is 13.8. The van der Waals surface area contributed by atoms with Crippen molar-refractivity contribution in [3.8, 4) is 0 Å². The van der Waals surface area contributed by atoms with Gasteiger partial charge in [0.15, 0.2) is 0 Å². The van der Waals surface area contributed by atoms with Crippen molar-refractivity contribution in [2.24, 2.45) is 11.8 Å². The van der Waals surface area contributed by atoms with Crippen molar-refractivity contribution in [2.75, 3.05) is 26.2 Å². The van der Waals surface area contributed by atoms with Crippen molar-refractivity contribution in [1.82, 2.24) is 10.2 Å². The van der Waals surface area contributed by atoms with Crippen LogP contribution < -0.4 is 5.32 Å². The van der Waals surface area contributed by atoms with Gasteiger partial charge in [0.2, 0.25) is 0 Å². The number of rotatable bonds is 3. The first-order chi connectivity index (χ1) is 9.83. The summed E-state index contributed by atoms with van der Waals surface area (Å²) in [5, 5.41) is 3.33. The van der Waals surface area contributed by atoms with Crippen LogP contribution in [0.4, 0.5) is 4.79 Å². The fourth-order valence-corrected chi connectivity index (χ4v) is 3.01. The van der Waals surface area contributed by atoms with E-state index in [2.05, 4.69) is 5.32 Å². The van der Waals surface area contributed by atoms with Gasteiger partial charge < -0.3 is 15.0 Å². The van der Waals surface area contributed by atoms with E-state index in [1.165, 1.54) is 0 Å². The molecule has 3 rings (SSSR count). The standard InChI is InChI=1S/C16H22N2O2/c19-16(20-12-13-4-2-1-3-5-13)18-8-6-14(7-9-18)15-10-17-11-15/h1-5,14-15,17H,6-12H2. The Bertz CT molecular complexity index is 437. The van der Waals surface area contributed by atoms with E-state index in [0.717, 1.165) is 56.4 Å². The zero-order valence-electron chi connectivity index (χ0n) is 11.8. The lowest BCUT2D eigenvalue weighted by molar-refractivity contribution is 0.0700. The highest BCUT2D eigenvalue weighted by Crippen LogP contribution is 2.27. The summed E-state index contributed by atoms with van der Waals surface area (Å²) in [7, 11) is 0. The van der Waals surface area contributed by atoms with E-state index in [9.17, 15) is 4.79 Å². The minimum atomic E-state index is -0.168. The lowest BCUT2D eigenvalue weighted by Gasteiger charge is -2.39. The van der Waals surface area contributed by atoms with E-state index in [1.807, 2.05) is 35.2 Å². The van der Waals surface area contributed by atoms with Gasteiger partial charge in [-0.05, 0) is 43.3 Å². The molecule has 0 bridgehead atoms. The Morgan fingerprint density at radius 2 is 1.85 bits per heavy atom. The normalized spacial score (nSPS) is 20.5. The minimum Gasteiger partial charge on any atom is -0.445 e. The van der Waals surface area contributed by atoms with Gasteiger partial charge in [-0.25, -0.2) is 4.79 Å². The van der Waals surface area contributed by atoms with E-state index in [1.54, 1.807) is 0 Å². The third kappa shape index (κ3) is 3.12. The molecule has 0 atom stereocenters. The molecule has 4 nitrogen and oxygen atoms in total. The van der Waals surface area contributed by atoms with Crippen molar-refractivity contribution in [3.63, 3.8) is 0 Å². The van der Waals surface area contributed by atoms with Crippen LogP contribution in [0.5, 0.6) is 0 Å². The summed E-state index contributed by atoms with van der Waals surface area (Å²) < 4.78 is 5.38. The monoisotopic (exact) mass is 274 g/mol. The quantitative estimate of drug-likeness (QED) is 0.919. The van der Waals surface area contributed by atoms with Gasteiger partial charge in [0.1, 0.15) is 6.61 Å². The predicted octanol–water partition coefficient (Wildman–Crippen LogP) is 2.25. The highest BCUT2D eigenvalue weighted by molar-refractivity contribution is 5.67. The first-order valence-electron chi connectivity index (χ1n) is 7.49. The molecule has 2 aliphatic rings. The first kappa shape index (κ1) is 13.4. The van der Waals surface area contributed by atoms with Gasteiger partial charge in [-0.15, -0.1) is 0 Å². The highest BCUT2D eigenvalue weighted by atomic mass is 16.6. The van der Waals surface area contributed by atoms with Crippen molar-refractivity contribution in [1.29, 1.82) is 0 Å². The van der Waals surface area contributed by atoms with Crippen LogP contribution in [-0.2, 0) is 11.3 Å². The molecule has 0 saturated carbocycles. The number of benzene rings is 1. The number of hydrogen-bond donors (Lipinski definition) is 1. The largest absolute Gasteiger partial charge is 0.445 e. The van der Waals surface area contributed by atoms with Crippen molar-refractivity contribution < 1.29 is 9.53 Å². The molecular weight excluding hydrogens is 252 g/mol. The summed E-state index contributed by atoms with van der Waals surface area (Å²) in [5.41, 5.74) is 1.04. The predicted molar refractivity (Wildman–Crippen MR) is 77.3 cm³/mol. The Hall–Kier alpha value is -1.55. The molecule has 1 amide bonds. The lowest BCUT2D eigenvalue weighted by atomic mass is 9.81. The molecule has 1 aromatic carbocycles. The van der Waals surface area contributed by atoms with Gasteiger partial charge in [0, 0.05) is 13.1 Å². The summed E-state index contributed by atoms with van der Waals surface area (Å²) >= 11 is 0. The Kier molecular flexibility index (Phi) is 4.21. The van der Waals surface area contributed by atoms with Crippen molar-refractivity contribution in [2.45, 2.75) is 19.4 Å². The second-order valence-corrected chi connectivity index (χ2v) is 5.78. The number of likely N-dealkylation sites (tertiary alicyclic amines) is 1. The second-order valence-electron chi connectivity index (χ2n) is 5.78.